The SMILES string of the molecule is CC(=O)O[C@H]1C2=CC[C@H]3[C@H]4CC[C@@H]([C@H](C)CCCC(C)C)[C@@]4(C)CC[C@@H]3[C@@]2(C)CCC12OCCO2. The van der Waals surface area contributed by atoms with Crippen LogP contribution in [0.1, 0.15) is 106 Å². The summed E-state index contributed by atoms with van der Waals surface area (Å²) in [5.41, 5.74) is 1.86. The van der Waals surface area contributed by atoms with Crippen molar-refractivity contribution in [3.8, 4) is 0 Å². The molecular weight excluding hydrogens is 436 g/mol. The maximum Gasteiger partial charge on any atom is 0.303 e. The molecule has 5 aliphatic rings. The number of hydrogen-bond acceptors (Lipinski definition) is 4. The van der Waals surface area contributed by atoms with E-state index in [0.717, 1.165) is 48.9 Å². The van der Waals surface area contributed by atoms with Crippen molar-refractivity contribution in [2.45, 2.75) is 118 Å². The predicted molar refractivity (Wildman–Crippen MR) is 139 cm³/mol. The van der Waals surface area contributed by atoms with E-state index in [9.17, 15) is 4.79 Å². The Hall–Kier alpha value is -0.870. The second-order valence-electron chi connectivity index (χ2n) is 13.7. The van der Waals surface area contributed by atoms with Crippen molar-refractivity contribution in [3.63, 3.8) is 0 Å². The van der Waals surface area contributed by atoms with Crippen LogP contribution in [0.2, 0.25) is 0 Å². The fourth-order valence-corrected chi connectivity index (χ4v) is 9.77. The molecule has 0 N–H and O–H groups in total. The van der Waals surface area contributed by atoms with Crippen molar-refractivity contribution < 1.29 is 19.0 Å². The molecule has 0 radical (unpaired) electrons. The molecule has 0 aromatic heterocycles. The topological polar surface area (TPSA) is 44.8 Å². The van der Waals surface area contributed by atoms with E-state index in [4.69, 9.17) is 14.2 Å². The summed E-state index contributed by atoms with van der Waals surface area (Å²) in [6.07, 6.45) is 14.7. The predicted octanol–water partition coefficient (Wildman–Crippen LogP) is 7.31. The van der Waals surface area contributed by atoms with Gasteiger partial charge in [-0.25, -0.2) is 0 Å². The van der Waals surface area contributed by atoms with Crippen molar-refractivity contribution in [2.24, 2.45) is 46.3 Å². The van der Waals surface area contributed by atoms with Crippen LogP contribution in [0.4, 0.5) is 0 Å². The first-order valence-electron chi connectivity index (χ1n) is 14.8. The zero-order valence-electron chi connectivity index (χ0n) is 23.2. The molecule has 5 rings (SSSR count). The van der Waals surface area contributed by atoms with Crippen LogP contribution in [0.5, 0.6) is 0 Å². The molecule has 8 atom stereocenters. The monoisotopic (exact) mass is 486 g/mol. The van der Waals surface area contributed by atoms with Gasteiger partial charge in [-0.05, 0) is 90.4 Å². The van der Waals surface area contributed by atoms with Gasteiger partial charge < -0.3 is 14.2 Å². The molecule has 0 aromatic rings. The number of carbonyl (C=O) groups is 1. The molecule has 1 heterocycles. The molecule has 4 nitrogen and oxygen atoms in total. The van der Waals surface area contributed by atoms with Gasteiger partial charge in [-0.3, -0.25) is 4.79 Å². The molecule has 4 fully saturated rings. The standard InChI is InChI=1S/C31H50O4/c1-20(2)8-7-9-21(3)24-12-13-25-23-10-11-27-28(35-22(4)32)31(33-18-19-34-31)17-16-30(27,6)26(23)14-15-29(24,25)5/h11,20-21,23-26,28H,7-10,12-19H2,1-6H3/t21-,23+,24+,25-,26+,28+,29-,30-/m1/s1. The van der Waals surface area contributed by atoms with Gasteiger partial charge in [-0.2, -0.15) is 0 Å². The van der Waals surface area contributed by atoms with Crippen LogP contribution in [-0.2, 0) is 19.0 Å². The second-order valence-corrected chi connectivity index (χ2v) is 13.7. The molecule has 4 heteroatoms. The van der Waals surface area contributed by atoms with Gasteiger partial charge in [-0.1, -0.05) is 60.0 Å². The Morgan fingerprint density at radius 1 is 1.03 bits per heavy atom. The molecule has 1 spiro atoms. The summed E-state index contributed by atoms with van der Waals surface area (Å²) < 4.78 is 18.3. The number of rotatable bonds is 6. The Morgan fingerprint density at radius 3 is 2.46 bits per heavy atom. The smallest absolute Gasteiger partial charge is 0.303 e. The number of fused-ring (bicyclic) bond motifs is 5. The highest BCUT2D eigenvalue weighted by atomic mass is 16.8. The minimum absolute atomic E-state index is 0.0753. The summed E-state index contributed by atoms with van der Waals surface area (Å²) in [4.78, 5) is 12.2. The third-order valence-electron chi connectivity index (χ3n) is 11.5. The fraction of sp³-hybridized carbons (Fsp3) is 0.903. The van der Waals surface area contributed by atoms with E-state index < -0.39 is 11.9 Å². The summed E-state index contributed by atoms with van der Waals surface area (Å²) in [6, 6.07) is 0. The largest absolute Gasteiger partial charge is 0.452 e. The van der Waals surface area contributed by atoms with Gasteiger partial charge in [0.05, 0.1) is 13.2 Å². The summed E-state index contributed by atoms with van der Waals surface area (Å²) in [7, 11) is 0. The van der Waals surface area contributed by atoms with Gasteiger partial charge in [0.2, 0.25) is 5.79 Å². The number of hydrogen-bond donors (Lipinski definition) is 0. The van der Waals surface area contributed by atoms with E-state index in [1.54, 1.807) is 0 Å². The van der Waals surface area contributed by atoms with Crippen LogP contribution < -0.4 is 0 Å². The van der Waals surface area contributed by atoms with E-state index in [0.29, 0.717) is 24.5 Å². The molecule has 198 valence electrons. The van der Waals surface area contributed by atoms with E-state index in [1.165, 1.54) is 57.4 Å². The lowest BCUT2D eigenvalue weighted by Gasteiger charge is -2.60. The van der Waals surface area contributed by atoms with Crippen molar-refractivity contribution in [2.75, 3.05) is 13.2 Å². The molecule has 4 aliphatic carbocycles. The molecule has 0 unspecified atom stereocenters. The fourth-order valence-electron chi connectivity index (χ4n) is 9.77. The highest BCUT2D eigenvalue weighted by molar-refractivity contribution is 5.67. The van der Waals surface area contributed by atoms with Crippen molar-refractivity contribution in [3.05, 3.63) is 11.6 Å². The average Bonchev–Trinajstić information content (AvgIpc) is 3.40. The summed E-state index contributed by atoms with van der Waals surface area (Å²) in [5, 5.41) is 0. The Labute approximate surface area is 213 Å². The van der Waals surface area contributed by atoms with Crippen LogP contribution in [0.25, 0.3) is 0 Å². The van der Waals surface area contributed by atoms with Crippen molar-refractivity contribution >= 4 is 5.97 Å². The summed E-state index contributed by atoms with van der Waals surface area (Å²) in [6.45, 7) is 15.1. The lowest BCUT2D eigenvalue weighted by atomic mass is 9.46. The van der Waals surface area contributed by atoms with Gasteiger partial charge in [0.15, 0.2) is 6.10 Å². The van der Waals surface area contributed by atoms with Gasteiger partial charge in [-0.15, -0.1) is 0 Å². The zero-order valence-corrected chi connectivity index (χ0v) is 23.2. The van der Waals surface area contributed by atoms with Gasteiger partial charge in [0.25, 0.3) is 0 Å². The summed E-state index contributed by atoms with van der Waals surface area (Å²) in [5.74, 6) is 3.79. The normalized spacial score (nSPS) is 42.8. The highest BCUT2D eigenvalue weighted by Crippen LogP contribution is 2.68. The number of esters is 1. The first-order valence-corrected chi connectivity index (χ1v) is 14.8. The first kappa shape index (κ1) is 25.8. The van der Waals surface area contributed by atoms with Crippen LogP contribution in [0.15, 0.2) is 11.6 Å². The highest BCUT2D eigenvalue weighted by Gasteiger charge is 2.64. The van der Waals surface area contributed by atoms with Gasteiger partial charge >= 0.3 is 5.97 Å². The average molecular weight is 487 g/mol. The lowest BCUT2D eigenvalue weighted by molar-refractivity contribution is -0.245. The minimum atomic E-state index is -0.767. The number of allylic oxidation sites excluding steroid dienone is 1. The van der Waals surface area contributed by atoms with Gasteiger partial charge in [0.1, 0.15) is 0 Å². The molecule has 3 saturated carbocycles. The third kappa shape index (κ3) is 4.23. The first-order chi connectivity index (χ1) is 16.6. The van der Waals surface area contributed by atoms with Gasteiger partial charge in [0, 0.05) is 13.3 Å². The van der Waals surface area contributed by atoms with E-state index in [-0.39, 0.29) is 11.4 Å². The molecule has 0 bridgehead atoms. The Balaban J connectivity index is 1.38. The van der Waals surface area contributed by atoms with Crippen LogP contribution in [0.3, 0.4) is 0 Å². The number of carbonyl (C=O) groups excluding carboxylic acids is 1. The maximum atomic E-state index is 12.2. The molecule has 0 aromatic carbocycles. The van der Waals surface area contributed by atoms with Crippen LogP contribution in [-0.4, -0.2) is 31.1 Å². The Kier molecular flexibility index (Phi) is 6.96. The van der Waals surface area contributed by atoms with Crippen molar-refractivity contribution in [1.29, 1.82) is 0 Å². The second kappa shape index (κ2) is 9.46. The Morgan fingerprint density at radius 2 is 1.77 bits per heavy atom. The van der Waals surface area contributed by atoms with E-state index in [2.05, 4.69) is 40.7 Å². The summed E-state index contributed by atoms with van der Waals surface area (Å²) >= 11 is 0. The zero-order chi connectivity index (χ0) is 25.0. The molecule has 1 aliphatic heterocycles. The Bertz CT molecular complexity index is 826. The minimum Gasteiger partial charge on any atom is -0.452 e. The molecule has 0 amide bonds. The van der Waals surface area contributed by atoms with E-state index >= 15 is 0 Å². The van der Waals surface area contributed by atoms with Crippen LogP contribution in [0, 0.1) is 46.3 Å². The van der Waals surface area contributed by atoms with Crippen LogP contribution >= 0.6 is 0 Å². The van der Waals surface area contributed by atoms with E-state index in [1.807, 2.05) is 0 Å². The number of ether oxygens (including phenoxy) is 3. The molecule has 35 heavy (non-hydrogen) atoms. The molecule has 1 saturated heterocycles. The lowest BCUT2D eigenvalue weighted by Crippen LogP contribution is -2.59. The quantitative estimate of drug-likeness (QED) is 0.292. The van der Waals surface area contributed by atoms with Crippen molar-refractivity contribution in [1.82, 2.24) is 0 Å². The maximum absolute atomic E-state index is 12.2. The molecular formula is C31H50O4. The third-order valence-corrected chi connectivity index (χ3v) is 11.5.